The molecule has 2 fully saturated rings. The molecular weight excluding hydrogens is 820 g/mol. The van der Waals surface area contributed by atoms with Crippen LogP contribution in [0.3, 0.4) is 0 Å². The molecule has 1 atom stereocenters. The Balaban J connectivity index is 0.938. The van der Waals surface area contributed by atoms with E-state index in [1.165, 1.54) is 29.6 Å². The molecule has 310 valence electrons. The third-order valence-electron chi connectivity index (χ3n) is 10.9. The third-order valence-corrected chi connectivity index (χ3v) is 13.6. The van der Waals surface area contributed by atoms with E-state index in [2.05, 4.69) is 52.9 Å². The van der Waals surface area contributed by atoms with Crippen molar-refractivity contribution >= 4 is 67.2 Å². The lowest BCUT2D eigenvalue weighted by molar-refractivity contribution is -0.384. The number of sulfonamides is 1. The molecular formula is C44H45ClN8O5S2. The second-order valence-corrected chi connectivity index (χ2v) is 18.3. The number of benzene rings is 5. The number of anilines is 3. The topological polar surface area (TPSA) is 157 Å². The molecule has 1 aromatic heterocycles. The number of nitro groups is 1. The van der Waals surface area contributed by atoms with E-state index in [9.17, 15) is 23.6 Å². The summed E-state index contributed by atoms with van der Waals surface area (Å²) in [6, 6.07) is 35.6. The van der Waals surface area contributed by atoms with Gasteiger partial charge < -0.3 is 15.3 Å². The second kappa shape index (κ2) is 18.5. The zero-order chi connectivity index (χ0) is 41.6. The molecule has 5 aromatic carbocycles. The van der Waals surface area contributed by atoms with Crippen molar-refractivity contribution in [1.82, 2.24) is 19.8 Å². The van der Waals surface area contributed by atoms with Crippen molar-refractivity contribution in [2.45, 2.75) is 34.9 Å². The van der Waals surface area contributed by atoms with Crippen LogP contribution in [0.25, 0.3) is 22.0 Å². The van der Waals surface area contributed by atoms with Gasteiger partial charge in [-0.1, -0.05) is 66.2 Å². The number of rotatable bonds is 16. The molecule has 0 spiro atoms. The molecule has 0 amide bonds. The highest BCUT2D eigenvalue weighted by atomic mass is 35.5. The van der Waals surface area contributed by atoms with Crippen LogP contribution in [0.2, 0.25) is 5.02 Å². The van der Waals surface area contributed by atoms with Gasteiger partial charge in [0.05, 0.1) is 21.4 Å². The summed E-state index contributed by atoms with van der Waals surface area (Å²) in [4.78, 5) is 28.2. The SMILES string of the molecule is O=[N+]([O-])c1cc(S(=O)(=O)Nc2ncnc3cc(N4CCN(Cc5cc(Cl)ccc5-c5ccccc5)CC4)ccc23)ccc1N[C@H](CCN1CC(O)C1)CSc1ccccc1. The molecule has 0 saturated carbocycles. The Morgan fingerprint density at radius 2 is 1.63 bits per heavy atom. The van der Waals surface area contributed by atoms with Gasteiger partial charge in [-0.3, -0.25) is 24.6 Å². The van der Waals surface area contributed by atoms with Crippen LogP contribution in [0.5, 0.6) is 0 Å². The molecule has 2 saturated heterocycles. The van der Waals surface area contributed by atoms with Crippen molar-refractivity contribution in [3.05, 3.63) is 142 Å². The number of halogens is 1. The summed E-state index contributed by atoms with van der Waals surface area (Å²) in [6.07, 6.45) is 1.65. The van der Waals surface area contributed by atoms with Gasteiger partial charge in [0, 0.05) is 91.2 Å². The van der Waals surface area contributed by atoms with Gasteiger partial charge in [0.15, 0.2) is 5.82 Å². The zero-order valence-electron chi connectivity index (χ0n) is 32.7. The molecule has 0 radical (unpaired) electrons. The lowest BCUT2D eigenvalue weighted by Crippen LogP contribution is -2.51. The molecule has 3 heterocycles. The number of likely N-dealkylation sites (tertiary alicyclic amines) is 1. The maximum atomic E-state index is 13.8. The van der Waals surface area contributed by atoms with Gasteiger partial charge in [0.25, 0.3) is 15.7 Å². The average Bonchev–Trinajstić information content (AvgIpc) is 3.24. The van der Waals surface area contributed by atoms with Gasteiger partial charge in [0.1, 0.15) is 12.0 Å². The Morgan fingerprint density at radius 1 is 0.883 bits per heavy atom. The molecule has 2 aliphatic heterocycles. The number of hydrogen-bond acceptors (Lipinski definition) is 12. The number of nitrogens with one attached hydrogen (secondary N) is 2. The van der Waals surface area contributed by atoms with E-state index < -0.39 is 14.9 Å². The highest BCUT2D eigenvalue weighted by Crippen LogP contribution is 2.33. The molecule has 8 rings (SSSR count). The van der Waals surface area contributed by atoms with Crippen LogP contribution in [-0.4, -0.2) is 102 Å². The number of thioether (sulfide) groups is 1. The Morgan fingerprint density at radius 3 is 2.37 bits per heavy atom. The first-order chi connectivity index (χ1) is 29.1. The monoisotopic (exact) mass is 864 g/mol. The second-order valence-electron chi connectivity index (χ2n) is 15.1. The maximum Gasteiger partial charge on any atom is 0.293 e. The summed E-state index contributed by atoms with van der Waals surface area (Å²) in [5.74, 6) is 0.698. The first kappa shape index (κ1) is 41.4. The fourth-order valence-corrected chi connectivity index (χ4v) is 9.89. The summed E-state index contributed by atoms with van der Waals surface area (Å²) in [7, 11) is -4.29. The van der Waals surface area contributed by atoms with Crippen molar-refractivity contribution in [3.8, 4) is 11.1 Å². The average molecular weight is 865 g/mol. The summed E-state index contributed by atoms with van der Waals surface area (Å²) < 4.78 is 30.1. The van der Waals surface area contributed by atoms with Crippen molar-refractivity contribution in [2.75, 3.05) is 66.5 Å². The summed E-state index contributed by atoms with van der Waals surface area (Å²) in [6.45, 7) is 5.93. The molecule has 3 N–H and O–H groups in total. The fourth-order valence-electron chi connectivity index (χ4n) is 7.65. The number of nitrogens with zero attached hydrogens (tertiary/aromatic N) is 6. The van der Waals surface area contributed by atoms with Crippen LogP contribution in [0.1, 0.15) is 12.0 Å². The zero-order valence-corrected chi connectivity index (χ0v) is 35.1. The quantitative estimate of drug-likeness (QED) is 0.0498. The van der Waals surface area contributed by atoms with Crippen LogP contribution in [0, 0.1) is 10.1 Å². The molecule has 0 unspecified atom stereocenters. The minimum absolute atomic E-state index is 0.0751. The van der Waals surface area contributed by atoms with E-state index in [1.54, 1.807) is 17.8 Å². The van der Waals surface area contributed by atoms with E-state index in [-0.39, 0.29) is 34.2 Å². The van der Waals surface area contributed by atoms with Gasteiger partial charge in [-0.15, -0.1) is 11.8 Å². The molecule has 60 heavy (non-hydrogen) atoms. The van der Waals surface area contributed by atoms with E-state index in [1.807, 2.05) is 72.8 Å². The first-order valence-corrected chi connectivity index (χ1v) is 22.6. The summed E-state index contributed by atoms with van der Waals surface area (Å²) >= 11 is 8.06. The number of hydrogen-bond donors (Lipinski definition) is 3. The minimum Gasteiger partial charge on any atom is -0.390 e. The lowest BCUT2D eigenvalue weighted by atomic mass is 9.99. The van der Waals surface area contributed by atoms with Crippen LogP contribution < -0.4 is 14.9 Å². The Kier molecular flexibility index (Phi) is 12.8. The molecule has 0 bridgehead atoms. The highest BCUT2D eigenvalue weighted by Gasteiger charge is 2.27. The number of fused-ring (bicyclic) bond motifs is 1. The standard InChI is InChI=1S/C44H45ClN8O5S2/c45-33-11-14-39(31-7-3-1-4-8-31)32(23-33)26-50-19-21-52(22-20-50)35-12-15-40-42(24-35)46-30-47-44(40)49-60(57,58)38-13-16-41(43(25-38)53(55)56)48-34(17-18-51-27-36(54)28-51)29-59-37-9-5-2-6-10-37/h1-16,23-25,30,34,36,48,54H,17-22,26-29H2,(H,46,47,49)/t34-/m1/s1. The molecule has 16 heteroatoms. The smallest absolute Gasteiger partial charge is 0.293 e. The van der Waals surface area contributed by atoms with Crippen molar-refractivity contribution in [3.63, 3.8) is 0 Å². The largest absolute Gasteiger partial charge is 0.390 e. The molecule has 0 aliphatic carbocycles. The van der Waals surface area contributed by atoms with Gasteiger partial charge in [-0.2, -0.15) is 0 Å². The van der Waals surface area contributed by atoms with Gasteiger partial charge in [0.2, 0.25) is 0 Å². The minimum atomic E-state index is -4.29. The predicted molar refractivity (Wildman–Crippen MR) is 239 cm³/mol. The number of β-amino-alcohol motifs (C(OH)–C–C–N with tert-alkyl or cyclic N) is 1. The number of aliphatic hydroxyl groups excluding tert-OH is 1. The Hall–Kier alpha value is -5.29. The Bertz CT molecular complexity index is 2560. The number of piperazine rings is 1. The van der Waals surface area contributed by atoms with E-state index in [0.717, 1.165) is 54.9 Å². The van der Waals surface area contributed by atoms with Gasteiger partial charge in [-0.25, -0.2) is 18.4 Å². The maximum absolute atomic E-state index is 13.8. The van der Waals surface area contributed by atoms with E-state index in [4.69, 9.17) is 11.6 Å². The highest BCUT2D eigenvalue weighted by molar-refractivity contribution is 7.99. The van der Waals surface area contributed by atoms with Crippen LogP contribution in [-0.2, 0) is 16.6 Å². The van der Waals surface area contributed by atoms with Crippen LogP contribution in [0.15, 0.2) is 131 Å². The first-order valence-electron chi connectivity index (χ1n) is 19.8. The normalized spacial score (nSPS) is 15.7. The predicted octanol–water partition coefficient (Wildman–Crippen LogP) is 7.62. The van der Waals surface area contributed by atoms with E-state index in [0.29, 0.717) is 47.7 Å². The molecule has 6 aromatic rings. The lowest BCUT2D eigenvalue weighted by Gasteiger charge is -2.36. The third kappa shape index (κ3) is 10.0. The van der Waals surface area contributed by atoms with Crippen molar-refractivity contribution in [1.29, 1.82) is 0 Å². The summed E-state index contributed by atoms with van der Waals surface area (Å²) in [5.41, 5.74) is 4.90. The van der Waals surface area contributed by atoms with Crippen molar-refractivity contribution in [2.24, 2.45) is 0 Å². The van der Waals surface area contributed by atoms with Crippen molar-refractivity contribution < 1.29 is 18.4 Å². The molecule has 13 nitrogen and oxygen atoms in total. The number of nitro benzene ring substituents is 1. The van der Waals surface area contributed by atoms with Crippen LogP contribution >= 0.6 is 23.4 Å². The van der Waals surface area contributed by atoms with Gasteiger partial charge >= 0.3 is 0 Å². The van der Waals surface area contributed by atoms with Gasteiger partial charge in [-0.05, 0) is 77.7 Å². The summed E-state index contributed by atoms with van der Waals surface area (Å²) in [5, 5.41) is 26.6. The number of aromatic nitrogens is 2. The Labute approximate surface area is 358 Å². The van der Waals surface area contributed by atoms with E-state index >= 15 is 0 Å². The molecule has 2 aliphatic rings. The number of aliphatic hydroxyl groups is 1. The fraction of sp³-hybridized carbons (Fsp3) is 0.273. The van der Waals surface area contributed by atoms with Crippen LogP contribution in [0.4, 0.5) is 22.9 Å².